The summed E-state index contributed by atoms with van der Waals surface area (Å²) in [6.45, 7) is 0. The standard InChI is InChI=1S/C16H11F4N7/c1-27-7-21-11-10(6-8-4-2-3-5-9(8)17)22-12(23-14(11)27)13-24-15(26-25-13)16(18,19)20/h2-5,7H,6H2,1H3,(H,24,25,26). The smallest absolute Gasteiger partial charge is 0.318 e. The molecule has 0 radical (unpaired) electrons. The molecule has 0 aliphatic heterocycles. The van der Waals surface area contributed by atoms with Crippen LogP contribution in [0.15, 0.2) is 30.6 Å². The Bertz CT molecular complexity index is 1130. The van der Waals surface area contributed by atoms with Crippen molar-refractivity contribution in [2.75, 3.05) is 0 Å². The summed E-state index contributed by atoms with van der Waals surface area (Å²) in [5, 5.41) is 5.39. The molecule has 11 heteroatoms. The highest BCUT2D eigenvalue weighted by Crippen LogP contribution is 2.27. The zero-order chi connectivity index (χ0) is 19.2. The van der Waals surface area contributed by atoms with E-state index >= 15 is 0 Å². The SMILES string of the molecule is Cn1cnc2c(Cc3ccccc3F)nc(-c3n[nH]c(C(F)(F)F)n3)nc21. The van der Waals surface area contributed by atoms with Gasteiger partial charge in [0.15, 0.2) is 5.65 Å². The minimum Gasteiger partial charge on any atom is -0.318 e. The second kappa shape index (κ2) is 6.11. The molecular formula is C16H11F4N7. The lowest BCUT2D eigenvalue weighted by Crippen LogP contribution is -2.07. The number of H-pyrrole nitrogens is 1. The molecule has 7 nitrogen and oxygen atoms in total. The maximum absolute atomic E-state index is 14.0. The van der Waals surface area contributed by atoms with Gasteiger partial charge >= 0.3 is 6.18 Å². The summed E-state index contributed by atoms with van der Waals surface area (Å²) in [6.07, 6.45) is -3.09. The highest BCUT2D eigenvalue weighted by Gasteiger charge is 2.35. The van der Waals surface area contributed by atoms with Crippen molar-refractivity contribution in [3.63, 3.8) is 0 Å². The number of aryl methyl sites for hydroxylation is 1. The van der Waals surface area contributed by atoms with E-state index in [9.17, 15) is 17.6 Å². The monoisotopic (exact) mass is 377 g/mol. The van der Waals surface area contributed by atoms with Gasteiger partial charge in [0.05, 0.1) is 12.0 Å². The van der Waals surface area contributed by atoms with Crippen molar-refractivity contribution in [1.82, 2.24) is 34.7 Å². The molecule has 0 amide bonds. The average molecular weight is 377 g/mol. The third-order valence-electron chi connectivity index (χ3n) is 3.90. The molecule has 4 aromatic rings. The molecule has 0 unspecified atom stereocenters. The van der Waals surface area contributed by atoms with E-state index in [4.69, 9.17) is 0 Å². The maximum atomic E-state index is 14.0. The van der Waals surface area contributed by atoms with E-state index in [2.05, 4.69) is 25.0 Å². The highest BCUT2D eigenvalue weighted by atomic mass is 19.4. The molecule has 0 bridgehead atoms. The Hall–Kier alpha value is -3.37. The van der Waals surface area contributed by atoms with Crippen molar-refractivity contribution in [3.8, 4) is 11.6 Å². The minimum absolute atomic E-state index is 0.0895. The van der Waals surface area contributed by atoms with Crippen molar-refractivity contribution in [1.29, 1.82) is 0 Å². The number of imidazole rings is 1. The van der Waals surface area contributed by atoms with E-state index in [1.54, 1.807) is 29.8 Å². The Labute approximate surface area is 149 Å². The largest absolute Gasteiger partial charge is 0.451 e. The average Bonchev–Trinajstić information content (AvgIpc) is 3.24. The molecule has 0 fully saturated rings. The highest BCUT2D eigenvalue weighted by molar-refractivity contribution is 5.75. The van der Waals surface area contributed by atoms with Crippen LogP contribution in [0.1, 0.15) is 17.1 Å². The van der Waals surface area contributed by atoms with Crippen LogP contribution in [-0.4, -0.2) is 34.7 Å². The topological polar surface area (TPSA) is 85.2 Å². The number of hydrogen-bond acceptors (Lipinski definition) is 5. The second-order valence-electron chi connectivity index (χ2n) is 5.80. The summed E-state index contributed by atoms with van der Waals surface area (Å²) in [4.78, 5) is 16.1. The fraction of sp³-hybridized carbons (Fsp3) is 0.188. The van der Waals surface area contributed by atoms with Crippen LogP contribution in [-0.2, 0) is 19.6 Å². The van der Waals surface area contributed by atoms with Gasteiger partial charge in [0.25, 0.3) is 0 Å². The molecule has 4 rings (SSSR count). The molecule has 1 aromatic carbocycles. The molecule has 0 aliphatic rings. The number of nitrogens with zero attached hydrogens (tertiary/aromatic N) is 6. The third-order valence-corrected chi connectivity index (χ3v) is 3.90. The van der Waals surface area contributed by atoms with Gasteiger partial charge in [-0.05, 0) is 11.6 Å². The number of alkyl halides is 3. The van der Waals surface area contributed by atoms with E-state index in [0.717, 1.165) is 0 Å². The van der Waals surface area contributed by atoms with Gasteiger partial charge in [-0.2, -0.15) is 13.2 Å². The molecule has 3 heterocycles. The Morgan fingerprint density at radius 2 is 1.85 bits per heavy atom. The third kappa shape index (κ3) is 3.11. The van der Waals surface area contributed by atoms with E-state index in [0.29, 0.717) is 22.4 Å². The zero-order valence-electron chi connectivity index (χ0n) is 13.8. The van der Waals surface area contributed by atoms with Crippen molar-refractivity contribution in [2.24, 2.45) is 7.05 Å². The lowest BCUT2D eigenvalue weighted by atomic mass is 10.1. The first-order valence-corrected chi connectivity index (χ1v) is 7.74. The Balaban J connectivity index is 1.84. The summed E-state index contributed by atoms with van der Waals surface area (Å²) in [6, 6.07) is 6.16. The molecule has 0 saturated heterocycles. The Morgan fingerprint density at radius 3 is 2.56 bits per heavy atom. The van der Waals surface area contributed by atoms with Crippen LogP contribution in [0.2, 0.25) is 0 Å². The van der Waals surface area contributed by atoms with Crippen molar-refractivity contribution >= 4 is 11.2 Å². The molecule has 0 saturated carbocycles. The second-order valence-corrected chi connectivity index (χ2v) is 5.80. The lowest BCUT2D eigenvalue weighted by Gasteiger charge is -2.06. The number of aromatic amines is 1. The normalized spacial score (nSPS) is 12.0. The van der Waals surface area contributed by atoms with E-state index in [1.165, 1.54) is 12.4 Å². The fourth-order valence-corrected chi connectivity index (χ4v) is 2.60. The van der Waals surface area contributed by atoms with Gasteiger partial charge in [0.1, 0.15) is 11.3 Å². The minimum atomic E-state index is -4.67. The zero-order valence-corrected chi connectivity index (χ0v) is 13.8. The predicted molar refractivity (Wildman–Crippen MR) is 85.9 cm³/mol. The summed E-state index contributed by atoms with van der Waals surface area (Å²) < 4.78 is 53.9. The first kappa shape index (κ1) is 17.1. The van der Waals surface area contributed by atoms with Crippen LogP contribution in [0, 0.1) is 5.82 Å². The Morgan fingerprint density at radius 1 is 1.07 bits per heavy atom. The van der Waals surface area contributed by atoms with Gasteiger partial charge in [-0.15, -0.1) is 5.10 Å². The van der Waals surface area contributed by atoms with Crippen LogP contribution in [0.25, 0.3) is 22.8 Å². The van der Waals surface area contributed by atoms with E-state index in [1.807, 2.05) is 5.10 Å². The van der Waals surface area contributed by atoms with E-state index in [-0.39, 0.29) is 18.1 Å². The van der Waals surface area contributed by atoms with E-state index < -0.39 is 17.8 Å². The summed E-state index contributed by atoms with van der Waals surface area (Å²) >= 11 is 0. The molecular weight excluding hydrogens is 366 g/mol. The van der Waals surface area contributed by atoms with Crippen LogP contribution in [0.4, 0.5) is 17.6 Å². The predicted octanol–water partition coefficient (Wildman–Crippen LogP) is 2.90. The van der Waals surface area contributed by atoms with Gasteiger partial charge < -0.3 is 4.57 Å². The van der Waals surface area contributed by atoms with Crippen molar-refractivity contribution in [3.05, 3.63) is 53.5 Å². The molecule has 1 N–H and O–H groups in total. The maximum Gasteiger partial charge on any atom is 0.451 e. The number of fused-ring (bicyclic) bond motifs is 1. The van der Waals surface area contributed by atoms with Crippen molar-refractivity contribution in [2.45, 2.75) is 12.6 Å². The molecule has 138 valence electrons. The molecule has 3 aromatic heterocycles. The first-order chi connectivity index (χ1) is 12.8. The number of rotatable bonds is 3. The number of halogens is 4. The van der Waals surface area contributed by atoms with Crippen LogP contribution < -0.4 is 0 Å². The summed E-state index contributed by atoms with van der Waals surface area (Å²) in [7, 11) is 1.68. The lowest BCUT2D eigenvalue weighted by molar-refractivity contribution is -0.144. The van der Waals surface area contributed by atoms with Gasteiger partial charge in [0, 0.05) is 13.5 Å². The number of benzene rings is 1. The van der Waals surface area contributed by atoms with Crippen LogP contribution in [0.5, 0.6) is 0 Å². The molecule has 0 atom stereocenters. The van der Waals surface area contributed by atoms with Crippen molar-refractivity contribution < 1.29 is 17.6 Å². The Kier molecular flexibility index (Phi) is 3.86. The quantitative estimate of drug-likeness (QED) is 0.555. The van der Waals surface area contributed by atoms with Gasteiger partial charge in [-0.3, -0.25) is 5.10 Å². The fourth-order valence-electron chi connectivity index (χ4n) is 2.60. The molecule has 0 aliphatic carbocycles. The number of hydrogen-bond donors (Lipinski definition) is 1. The van der Waals surface area contributed by atoms with Gasteiger partial charge in [-0.1, -0.05) is 18.2 Å². The molecule has 27 heavy (non-hydrogen) atoms. The summed E-state index contributed by atoms with van der Waals surface area (Å²) in [5.41, 5.74) is 1.54. The first-order valence-electron chi connectivity index (χ1n) is 7.74. The van der Waals surface area contributed by atoms with Gasteiger partial charge in [0.2, 0.25) is 17.5 Å². The van der Waals surface area contributed by atoms with Crippen LogP contribution in [0.3, 0.4) is 0 Å². The van der Waals surface area contributed by atoms with Gasteiger partial charge in [-0.25, -0.2) is 24.3 Å². The molecule has 0 spiro atoms. The summed E-state index contributed by atoms with van der Waals surface area (Å²) in [5.74, 6) is -2.08. The van der Waals surface area contributed by atoms with Crippen LogP contribution >= 0.6 is 0 Å². The number of nitrogens with one attached hydrogen (secondary N) is 1. The number of aromatic nitrogens is 7.